The Morgan fingerprint density at radius 3 is 2.48 bits per heavy atom. The molecule has 0 atom stereocenters. The number of hydrogen-bond acceptors (Lipinski definition) is 4. The van der Waals surface area contributed by atoms with Crippen molar-refractivity contribution in [2.24, 2.45) is 0 Å². The first-order valence-corrected chi connectivity index (χ1v) is 12.1. The minimum Gasteiger partial charge on any atom is -0.455 e. The van der Waals surface area contributed by atoms with Gasteiger partial charge in [-0.2, -0.15) is 0 Å². The number of fused-ring (bicyclic) bond motifs is 4. The van der Waals surface area contributed by atoms with E-state index in [0.29, 0.717) is 37.5 Å². The summed E-state index contributed by atoms with van der Waals surface area (Å²) in [6.07, 6.45) is 3.86. The number of likely N-dealkylation sites (tertiary alicyclic amines) is 1. The zero-order chi connectivity index (χ0) is 23.2. The molecule has 33 heavy (non-hydrogen) atoms. The third-order valence-corrected chi connectivity index (χ3v) is 7.22. The van der Waals surface area contributed by atoms with E-state index in [0.717, 1.165) is 24.3 Å². The number of carbonyl (C=O) groups is 1. The number of rotatable bonds is 5. The molecule has 5 rings (SSSR count). The molecule has 6 nitrogen and oxygen atoms in total. The number of para-hydroxylation sites is 2. The number of aromatic nitrogens is 1. The van der Waals surface area contributed by atoms with Crippen LogP contribution < -0.4 is 5.32 Å². The maximum atomic E-state index is 13.2. The molecule has 1 amide bonds. The molecule has 174 valence electrons. The van der Waals surface area contributed by atoms with Gasteiger partial charge >= 0.3 is 0 Å². The van der Waals surface area contributed by atoms with E-state index >= 15 is 0 Å². The largest absolute Gasteiger partial charge is 0.455 e. The van der Waals surface area contributed by atoms with Gasteiger partial charge < -0.3 is 19.2 Å². The van der Waals surface area contributed by atoms with Crippen molar-refractivity contribution in [2.75, 3.05) is 18.4 Å². The molecule has 2 aromatic heterocycles. The Kier molecular flexibility index (Phi) is 5.57. The van der Waals surface area contributed by atoms with Gasteiger partial charge in [-0.3, -0.25) is 9.69 Å². The number of furan rings is 1. The van der Waals surface area contributed by atoms with Gasteiger partial charge in [0.2, 0.25) is 0 Å². The zero-order valence-corrected chi connectivity index (χ0v) is 20.0. The lowest BCUT2D eigenvalue weighted by Crippen LogP contribution is -2.51. The lowest BCUT2D eigenvalue weighted by molar-refractivity contribution is 0.0639. The highest BCUT2D eigenvalue weighted by Gasteiger charge is 2.42. The van der Waals surface area contributed by atoms with Crippen molar-refractivity contribution in [1.29, 1.82) is 0 Å². The van der Waals surface area contributed by atoms with Crippen molar-refractivity contribution < 1.29 is 9.21 Å². The van der Waals surface area contributed by atoms with Crippen LogP contribution in [0.4, 0.5) is 5.69 Å². The van der Waals surface area contributed by atoms with E-state index in [1.54, 1.807) is 0 Å². The molecule has 1 fully saturated rings. The van der Waals surface area contributed by atoms with Gasteiger partial charge in [-0.1, -0.05) is 12.1 Å². The summed E-state index contributed by atoms with van der Waals surface area (Å²) >= 11 is 0. The summed E-state index contributed by atoms with van der Waals surface area (Å²) in [5.41, 5.74) is 3.45. The molecule has 0 unspecified atom stereocenters. The number of benzene rings is 1. The predicted octanol–water partition coefficient (Wildman–Crippen LogP) is 5.25. The van der Waals surface area contributed by atoms with Crippen molar-refractivity contribution >= 4 is 11.6 Å². The first-order valence-electron chi connectivity index (χ1n) is 12.1. The average Bonchev–Trinajstić information content (AvgIpc) is 3.48. The molecule has 2 aliphatic rings. The summed E-state index contributed by atoms with van der Waals surface area (Å²) in [6.45, 7) is 10.9. The zero-order valence-electron chi connectivity index (χ0n) is 20.0. The van der Waals surface area contributed by atoms with Crippen LogP contribution in [0.1, 0.15) is 62.5 Å². The summed E-state index contributed by atoms with van der Waals surface area (Å²) < 4.78 is 8.29. The molecular formula is C27H34N4O2. The highest BCUT2D eigenvalue weighted by molar-refractivity contribution is 5.91. The Morgan fingerprint density at radius 1 is 1.03 bits per heavy atom. The molecule has 6 heteroatoms. The van der Waals surface area contributed by atoms with Crippen LogP contribution in [0.2, 0.25) is 0 Å². The number of piperidine rings is 1. The first kappa shape index (κ1) is 21.8. The van der Waals surface area contributed by atoms with Crippen LogP contribution in [0.5, 0.6) is 0 Å². The molecule has 3 aromatic rings. The summed E-state index contributed by atoms with van der Waals surface area (Å²) in [5, 5.41) is 3.81. The summed E-state index contributed by atoms with van der Waals surface area (Å²) in [7, 11) is 0. The van der Waals surface area contributed by atoms with Crippen LogP contribution in [0.25, 0.3) is 5.69 Å². The fourth-order valence-electron chi connectivity index (χ4n) is 5.44. The van der Waals surface area contributed by atoms with Crippen LogP contribution in [-0.4, -0.2) is 45.4 Å². The molecule has 1 aromatic carbocycles. The molecular weight excluding hydrogens is 412 g/mol. The monoisotopic (exact) mass is 446 g/mol. The van der Waals surface area contributed by atoms with Crippen LogP contribution in [0, 0.1) is 0 Å². The molecule has 2 aliphatic heterocycles. The number of nitrogens with zero attached hydrogens (tertiary/aromatic N) is 3. The minimum absolute atomic E-state index is 0.0108. The molecule has 0 saturated carbocycles. The van der Waals surface area contributed by atoms with E-state index in [2.05, 4.69) is 85.1 Å². The maximum Gasteiger partial charge on any atom is 0.289 e. The quantitative estimate of drug-likeness (QED) is 0.582. The molecule has 1 spiro atoms. The molecule has 4 heterocycles. The third-order valence-electron chi connectivity index (χ3n) is 7.22. The first-order chi connectivity index (χ1) is 15.9. The standard InChI is InChI=1S/C27H34N4O2/c1-19(2)31(20(3)4)18-21-11-12-24(33-21)26(32)29-16-13-27(14-17-29)25-10-7-15-30(25)23-9-6-5-8-22(23)28-27/h5-12,15,19-20,28H,13-14,16-18H2,1-4H3. The van der Waals surface area contributed by atoms with Crippen molar-refractivity contribution in [1.82, 2.24) is 14.4 Å². The highest BCUT2D eigenvalue weighted by atomic mass is 16.4. The van der Waals surface area contributed by atoms with Crippen LogP contribution in [0.3, 0.4) is 0 Å². The topological polar surface area (TPSA) is 53.7 Å². The highest BCUT2D eigenvalue weighted by Crippen LogP contribution is 2.43. The predicted molar refractivity (Wildman–Crippen MR) is 131 cm³/mol. The average molecular weight is 447 g/mol. The van der Waals surface area contributed by atoms with Gasteiger partial charge in [-0.25, -0.2) is 0 Å². The summed E-state index contributed by atoms with van der Waals surface area (Å²) in [5.74, 6) is 1.28. The Bertz CT molecular complexity index is 1130. The Morgan fingerprint density at radius 2 is 1.76 bits per heavy atom. The third kappa shape index (κ3) is 3.86. The van der Waals surface area contributed by atoms with Crippen molar-refractivity contribution in [3.8, 4) is 5.69 Å². The molecule has 1 saturated heterocycles. The molecule has 0 radical (unpaired) electrons. The maximum absolute atomic E-state index is 13.2. The van der Waals surface area contributed by atoms with E-state index in [4.69, 9.17) is 4.42 Å². The van der Waals surface area contributed by atoms with E-state index in [1.165, 1.54) is 11.4 Å². The van der Waals surface area contributed by atoms with Crippen LogP contribution in [0.15, 0.2) is 59.1 Å². The second kappa shape index (κ2) is 8.41. The number of hydrogen-bond donors (Lipinski definition) is 1. The lowest BCUT2D eigenvalue weighted by Gasteiger charge is -2.46. The SMILES string of the molecule is CC(C)N(Cc1ccc(C(=O)N2CCC3(CC2)Nc2ccccc2-n2cccc23)o1)C(C)C. The van der Waals surface area contributed by atoms with Crippen LogP contribution in [-0.2, 0) is 12.1 Å². The molecule has 1 N–H and O–H groups in total. The van der Waals surface area contributed by atoms with Gasteiger partial charge in [0, 0.05) is 37.1 Å². The fourth-order valence-corrected chi connectivity index (χ4v) is 5.44. The van der Waals surface area contributed by atoms with E-state index < -0.39 is 0 Å². The van der Waals surface area contributed by atoms with Gasteiger partial charge in [0.15, 0.2) is 5.76 Å². The van der Waals surface area contributed by atoms with Crippen molar-refractivity contribution in [3.05, 3.63) is 71.9 Å². The van der Waals surface area contributed by atoms with Gasteiger partial charge in [-0.05, 0) is 76.9 Å². The van der Waals surface area contributed by atoms with Crippen molar-refractivity contribution in [3.63, 3.8) is 0 Å². The number of carbonyl (C=O) groups excluding carboxylic acids is 1. The Hall–Kier alpha value is -2.99. The molecule has 0 aliphatic carbocycles. The van der Waals surface area contributed by atoms with Crippen molar-refractivity contribution in [2.45, 2.75) is 64.7 Å². The van der Waals surface area contributed by atoms with E-state index in [-0.39, 0.29) is 11.4 Å². The number of nitrogens with one attached hydrogen (secondary N) is 1. The summed E-state index contributed by atoms with van der Waals surface area (Å²) in [4.78, 5) is 17.5. The number of anilines is 1. The van der Waals surface area contributed by atoms with E-state index in [9.17, 15) is 4.79 Å². The number of amides is 1. The Balaban J connectivity index is 1.29. The lowest BCUT2D eigenvalue weighted by atomic mass is 9.82. The van der Waals surface area contributed by atoms with E-state index in [1.807, 2.05) is 17.0 Å². The second-order valence-corrected chi connectivity index (χ2v) is 9.91. The normalized spacial score (nSPS) is 16.9. The van der Waals surface area contributed by atoms with Gasteiger partial charge in [0.1, 0.15) is 5.76 Å². The van der Waals surface area contributed by atoms with Crippen LogP contribution >= 0.6 is 0 Å². The smallest absolute Gasteiger partial charge is 0.289 e. The minimum atomic E-state index is -0.155. The van der Waals surface area contributed by atoms with Gasteiger partial charge in [0.05, 0.1) is 23.5 Å². The Labute approximate surface area is 196 Å². The molecule has 0 bridgehead atoms. The fraction of sp³-hybridized carbons (Fsp3) is 0.444. The van der Waals surface area contributed by atoms with Gasteiger partial charge in [0.25, 0.3) is 5.91 Å². The summed E-state index contributed by atoms with van der Waals surface area (Å²) in [6, 6.07) is 17.4. The van der Waals surface area contributed by atoms with Gasteiger partial charge in [-0.15, -0.1) is 0 Å². The second-order valence-electron chi connectivity index (χ2n) is 9.91.